The topological polar surface area (TPSA) is 188 Å². The molecule has 2 aromatic heterocycles. The van der Waals surface area contributed by atoms with Crippen LogP contribution in [0.1, 0.15) is 103 Å². The highest BCUT2D eigenvalue weighted by Crippen LogP contribution is 2.53. The van der Waals surface area contributed by atoms with E-state index in [1.165, 1.54) is 19.9 Å². The number of carbonyl (C=O) groups is 5. The number of likely N-dealkylation sites (N-methyl/N-ethyl adjacent to an activating group) is 1. The highest BCUT2D eigenvalue weighted by molar-refractivity contribution is 6.33. The Morgan fingerprint density at radius 3 is 2.37 bits per heavy atom. The van der Waals surface area contributed by atoms with Gasteiger partial charge in [-0.25, -0.2) is 4.98 Å². The summed E-state index contributed by atoms with van der Waals surface area (Å²) in [4.78, 5) is 91.5. The maximum absolute atomic E-state index is 13.5. The average Bonchev–Trinajstić information content (AvgIpc) is 4.05. The van der Waals surface area contributed by atoms with Crippen LogP contribution in [0.3, 0.4) is 0 Å². The number of hydrogen-bond donors (Lipinski definition) is 3. The SMILES string of the molecule is CNC(=O)COc1cc2cc(Nc3nc(N4CCC(C5(N6CCC(c7ccc8c(c7)C(=O)N(C7CCC(=O)NC7=O)C8=O)CC6)CC5)CC4)ncc3Cl)ccc2n(C(C)C)c1=O. The number of ether oxygens (including phenoxy) is 1. The number of fused-ring (bicyclic) bond motifs is 2. The second-order valence-electron chi connectivity index (χ2n) is 17.4. The third-order valence-corrected chi connectivity index (χ3v) is 13.8. The lowest BCUT2D eigenvalue weighted by Gasteiger charge is -2.45. The summed E-state index contributed by atoms with van der Waals surface area (Å²) >= 11 is 6.64. The minimum atomic E-state index is -0.974. The molecular weight excluding hydrogens is 814 g/mol. The van der Waals surface area contributed by atoms with Crippen molar-refractivity contribution < 1.29 is 28.7 Å². The van der Waals surface area contributed by atoms with Gasteiger partial charge in [-0.05, 0) is 126 Å². The Hall–Kier alpha value is -5.87. The van der Waals surface area contributed by atoms with Gasteiger partial charge >= 0.3 is 0 Å². The zero-order valence-corrected chi connectivity index (χ0v) is 35.8. The van der Waals surface area contributed by atoms with Crippen molar-refractivity contribution in [3.63, 3.8) is 0 Å². The standard InChI is InChI=1S/C45H50ClN9O7/c1-25(2)54-34-7-5-30(20-28(34)22-36(43(54)61)62-24-38(57)47-3)49-39-33(46)23-48-44(51-39)52-16-12-29(13-17-52)45(14-15-45)53-18-10-26(11-19-53)27-4-6-31-32(21-27)42(60)55(41(31)59)35-8-9-37(56)50-40(35)58/h4-7,20-23,25-26,29,35H,8-19,24H2,1-3H3,(H,47,57)(H,48,49,51)(H,50,56,58). The molecule has 1 saturated carbocycles. The van der Waals surface area contributed by atoms with E-state index >= 15 is 0 Å². The van der Waals surface area contributed by atoms with Gasteiger partial charge in [-0.1, -0.05) is 17.7 Å². The first kappa shape index (κ1) is 41.5. The van der Waals surface area contributed by atoms with Gasteiger partial charge in [-0.3, -0.25) is 43.9 Å². The fraction of sp³-hybridized carbons (Fsp3) is 0.467. The second-order valence-corrected chi connectivity index (χ2v) is 17.8. The van der Waals surface area contributed by atoms with Gasteiger partial charge in [0.15, 0.2) is 18.2 Å². The van der Waals surface area contributed by atoms with Gasteiger partial charge in [0.25, 0.3) is 23.3 Å². The van der Waals surface area contributed by atoms with Crippen LogP contribution in [0.15, 0.2) is 53.5 Å². The van der Waals surface area contributed by atoms with Crippen molar-refractivity contribution in [2.45, 2.75) is 88.8 Å². The molecule has 4 aliphatic heterocycles. The van der Waals surface area contributed by atoms with Gasteiger partial charge in [0.05, 0.1) is 22.8 Å². The third-order valence-electron chi connectivity index (χ3n) is 13.5. The molecule has 4 fully saturated rings. The molecule has 62 heavy (non-hydrogen) atoms. The van der Waals surface area contributed by atoms with Crippen molar-refractivity contribution in [3.8, 4) is 5.75 Å². The van der Waals surface area contributed by atoms with E-state index in [1.54, 1.807) is 22.9 Å². The number of nitrogens with zero attached hydrogens (tertiary/aromatic N) is 6. The molecule has 5 amide bonds. The van der Waals surface area contributed by atoms with Crippen LogP contribution in [-0.2, 0) is 14.4 Å². The lowest BCUT2D eigenvalue weighted by molar-refractivity contribution is -0.136. The van der Waals surface area contributed by atoms with Gasteiger partial charge in [-0.2, -0.15) is 4.98 Å². The van der Waals surface area contributed by atoms with Gasteiger partial charge in [0.1, 0.15) is 11.1 Å². The quantitative estimate of drug-likeness (QED) is 0.173. The van der Waals surface area contributed by atoms with Crippen molar-refractivity contribution in [2.75, 3.05) is 50.1 Å². The summed E-state index contributed by atoms with van der Waals surface area (Å²) < 4.78 is 7.28. The molecule has 1 unspecified atom stereocenters. The van der Waals surface area contributed by atoms with Crippen LogP contribution < -0.4 is 31.1 Å². The number of rotatable bonds is 11. The normalized spacial score (nSPS) is 20.8. The number of halogens is 1. The van der Waals surface area contributed by atoms with Crippen LogP contribution in [0.4, 0.5) is 17.5 Å². The highest BCUT2D eigenvalue weighted by atomic mass is 35.5. The Balaban J connectivity index is 0.822. The molecule has 1 atom stereocenters. The number of imide groups is 2. The summed E-state index contributed by atoms with van der Waals surface area (Å²) in [5.74, 6) is -0.303. The van der Waals surface area contributed by atoms with Crippen molar-refractivity contribution in [1.82, 2.24) is 35.0 Å². The first-order chi connectivity index (χ1) is 29.8. The van der Waals surface area contributed by atoms with E-state index in [4.69, 9.17) is 21.3 Å². The predicted molar refractivity (Wildman–Crippen MR) is 232 cm³/mol. The zero-order valence-electron chi connectivity index (χ0n) is 35.0. The number of aromatic nitrogens is 3. The molecule has 3 saturated heterocycles. The first-order valence-electron chi connectivity index (χ1n) is 21.5. The summed E-state index contributed by atoms with van der Waals surface area (Å²) in [6.07, 6.45) is 8.15. The van der Waals surface area contributed by atoms with Crippen LogP contribution in [-0.4, -0.2) is 105 Å². The molecule has 4 aromatic rings. The summed E-state index contributed by atoms with van der Waals surface area (Å²) in [6, 6.07) is 11.7. The minimum Gasteiger partial charge on any atom is -0.478 e. The van der Waals surface area contributed by atoms with Crippen molar-refractivity contribution in [1.29, 1.82) is 0 Å². The molecule has 16 nitrogen and oxygen atoms in total. The van der Waals surface area contributed by atoms with Crippen molar-refractivity contribution in [3.05, 3.63) is 80.7 Å². The Bertz CT molecular complexity index is 2560. The number of pyridine rings is 1. The smallest absolute Gasteiger partial charge is 0.293 e. The maximum atomic E-state index is 13.5. The number of amides is 5. The molecule has 0 bridgehead atoms. The van der Waals surface area contributed by atoms with Gasteiger partial charge < -0.3 is 24.8 Å². The van der Waals surface area contributed by atoms with Crippen molar-refractivity contribution in [2.24, 2.45) is 5.92 Å². The van der Waals surface area contributed by atoms with E-state index in [9.17, 15) is 28.8 Å². The predicted octanol–water partition coefficient (Wildman–Crippen LogP) is 4.92. The molecular formula is C45H50ClN9O7. The Morgan fingerprint density at radius 2 is 1.68 bits per heavy atom. The molecule has 5 aliphatic rings. The number of anilines is 3. The molecule has 0 spiro atoms. The lowest BCUT2D eigenvalue weighted by Crippen LogP contribution is -2.54. The van der Waals surface area contributed by atoms with Crippen LogP contribution >= 0.6 is 11.6 Å². The largest absolute Gasteiger partial charge is 0.478 e. The number of benzene rings is 2. The summed E-state index contributed by atoms with van der Waals surface area (Å²) in [7, 11) is 1.51. The van der Waals surface area contributed by atoms with Crippen LogP contribution in [0.25, 0.3) is 10.9 Å². The van der Waals surface area contributed by atoms with E-state index in [-0.39, 0.29) is 54.2 Å². The Kier molecular flexibility index (Phi) is 11.0. The number of likely N-dealkylation sites (tertiary alicyclic amines) is 1. The van der Waals surface area contributed by atoms with Gasteiger partial charge in [0, 0.05) is 49.2 Å². The fourth-order valence-electron chi connectivity index (χ4n) is 10.1. The van der Waals surface area contributed by atoms with Crippen LogP contribution in [0.2, 0.25) is 5.02 Å². The molecule has 1 aliphatic carbocycles. The highest BCUT2D eigenvalue weighted by Gasteiger charge is 2.54. The van der Waals surface area contributed by atoms with Crippen LogP contribution in [0, 0.1) is 5.92 Å². The number of carbonyl (C=O) groups excluding carboxylic acids is 5. The second kappa shape index (κ2) is 16.4. The third kappa shape index (κ3) is 7.56. The monoisotopic (exact) mass is 863 g/mol. The molecule has 17 heteroatoms. The minimum absolute atomic E-state index is 0.0892. The van der Waals surface area contributed by atoms with E-state index in [2.05, 4.69) is 30.7 Å². The van der Waals surface area contributed by atoms with Crippen LogP contribution in [0.5, 0.6) is 5.75 Å². The van der Waals surface area contributed by atoms with Gasteiger partial charge in [-0.15, -0.1) is 0 Å². The first-order valence-corrected chi connectivity index (χ1v) is 21.9. The van der Waals surface area contributed by atoms with E-state index in [0.29, 0.717) is 39.5 Å². The molecule has 3 N–H and O–H groups in total. The van der Waals surface area contributed by atoms with E-state index in [0.717, 1.165) is 73.2 Å². The Labute approximate surface area is 363 Å². The van der Waals surface area contributed by atoms with E-state index < -0.39 is 29.7 Å². The van der Waals surface area contributed by atoms with Gasteiger partial charge in [0.2, 0.25) is 17.8 Å². The van der Waals surface area contributed by atoms with Crippen molar-refractivity contribution >= 4 is 69.5 Å². The summed E-state index contributed by atoms with van der Waals surface area (Å²) in [5, 5.41) is 9.24. The Morgan fingerprint density at radius 1 is 0.935 bits per heavy atom. The molecule has 324 valence electrons. The zero-order chi connectivity index (χ0) is 43.4. The van der Waals surface area contributed by atoms with E-state index in [1.807, 2.05) is 44.2 Å². The number of nitrogens with one attached hydrogen (secondary N) is 3. The lowest BCUT2D eigenvalue weighted by atomic mass is 9.82. The summed E-state index contributed by atoms with van der Waals surface area (Å²) in [6.45, 7) is 7.14. The molecule has 2 aromatic carbocycles. The number of hydrogen-bond acceptors (Lipinski definition) is 12. The average molecular weight is 864 g/mol. The summed E-state index contributed by atoms with van der Waals surface area (Å²) in [5.41, 5.74) is 3.02. The molecule has 0 radical (unpaired) electrons. The molecule has 9 rings (SSSR count). The molecule has 6 heterocycles. The fourth-order valence-corrected chi connectivity index (χ4v) is 10.2. The number of piperidine rings is 3. The maximum Gasteiger partial charge on any atom is 0.293 e.